The van der Waals surface area contributed by atoms with Crippen molar-refractivity contribution in [2.45, 2.75) is 52.7 Å². The summed E-state index contributed by atoms with van der Waals surface area (Å²) in [6.45, 7) is 11.1. The fourth-order valence-electron chi connectivity index (χ4n) is 1.74. The molecule has 0 fully saturated rings. The van der Waals surface area contributed by atoms with Crippen LogP contribution in [0.25, 0.3) is 0 Å². The molecule has 0 aromatic rings. The first kappa shape index (κ1) is 18.6. The normalized spacial score (nSPS) is 14.3. The third kappa shape index (κ3) is 8.38. The molecule has 0 rings (SSSR count). The molecule has 4 nitrogen and oxygen atoms in total. The predicted octanol–water partition coefficient (Wildman–Crippen LogP) is 1.16. The fraction of sp³-hybridized carbons (Fsp3) is 1.00. The van der Waals surface area contributed by atoms with E-state index in [1.165, 1.54) is 6.26 Å². The molecule has 16 heavy (non-hydrogen) atoms. The van der Waals surface area contributed by atoms with Gasteiger partial charge in [0.25, 0.3) is 0 Å². The highest BCUT2D eigenvalue weighted by atomic mass is 32.2. The highest BCUT2D eigenvalue weighted by molar-refractivity contribution is 7.88. The van der Waals surface area contributed by atoms with E-state index in [2.05, 4.69) is 37.3 Å². The third-order valence-electron chi connectivity index (χ3n) is 2.23. The first-order chi connectivity index (χ1) is 6.63. The topological polar surface area (TPSA) is 49.4 Å². The molecule has 0 saturated carbocycles. The minimum atomic E-state index is -3.10. The Hall–Kier alpha value is 0.220. The second-order valence-corrected chi connectivity index (χ2v) is 6.46. The van der Waals surface area contributed by atoms with Crippen LogP contribution in [0.15, 0.2) is 0 Å². The smallest absolute Gasteiger partial charge is 0.208 e. The van der Waals surface area contributed by atoms with Gasteiger partial charge in [-0.05, 0) is 34.6 Å². The standard InChI is InChI=1S/C10H24N2O2S.H2S/c1-8(2)12(9(3)4)7-10(5)11-15(6,13)14;/h8-11H,7H2,1-6H3;1H2/t10-;/m0./s1. The van der Waals surface area contributed by atoms with Gasteiger partial charge in [-0.25, -0.2) is 13.1 Å². The average Bonchev–Trinajstić information content (AvgIpc) is 1.95. The summed E-state index contributed by atoms with van der Waals surface area (Å²) < 4.78 is 24.7. The molecule has 0 saturated heterocycles. The Kier molecular flexibility index (Phi) is 8.74. The summed E-state index contributed by atoms with van der Waals surface area (Å²) in [5.74, 6) is 0. The summed E-state index contributed by atoms with van der Waals surface area (Å²) in [5, 5.41) is 0. The molecular weight excluding hydrogens is 244 g/mol. The molecule has 0 aromatic heterocycles. The maximum Gasteiger partial charge on any atom is 0.208 e. The summed E-state index contributed by atoms with van der Waals surface area (Å²) >= 11 is 0. The minimum Gasteiger partial charge on any atom is -0.297 e. The highest BCUT2D eigenvalue weighted by Crippen LogP contribution is 2.06. The Morgan fingerprint density at radius 1 is 1.06 bits per heavy atom. The second kappa shape index (κ2) is 7.53. The molecule has 1 atom stereocenters. The van der Waals surface area contributed by atoms with Crippen LogP contribution in [0.2, 0.25) is 0 Å². The summed E-state index contributed by atoms with van der Waals surface area (Å²) in [5.41, 5.74) is 0. The number of hydrogen-bond acceptors (Lipinski definition) is 3. The molecule has 0 aliphatic rings. The lowest BCUT2D eigenvalue weighted by Gasteiger charge is -2.32. The highest BCUT2D eigenvalue weighted by Gasteiger charge is 2.18. The SMILES string of the molecule is CC(C)N(C[C@H](C)NS(C)(=O)=O)C(C)C.S. The maximum absolute atomic E-state index is 11.0. The van der Waals surface area contributed by atoms with Crippen molar-refractivity contribution < 1.29 is 8.42 Å². The van der Waals surface area contributed by atoms with Gasteiger partial charge in [0.2, 0.25) is 10.0 Å². The van der Waals surface area contributed by atoms with Crippen LogP contribution in [-0.4, -0.2) is 44.2 Å². The Morgan fingerprint density at radius 3 is 1.69 bits per heavy atom. The molecule has 100 valence electrons. The molecule has 0 aliphatic carbocycles. The van der Waals surface area contributed by atoms with E-state index in [-0.39, 0.29) is 19.5 Å². The van der Waals surface area contributed by atoms with Crippen LogP contribution in [0.1, 0.15) is 34.6 Å². The molecule has 0 spiro atoms. The number of sulfonamides is 1. The van der Waals surface area contributed by atoms with Gasteiger partial charge >= 0.3 is 0 Å². The molecule has 0 heterocycles. The van der Waals surface area contributed by atoms with Gasteiger partial charge in [0.1, 0.15) is 0 Å². The molecule has 1 N–H and O–H groups in total. The summed E-state index contributed by atoms with van der Waals surface area (Å²) in [4.78, 5) is 2.27. The zero-order chi connectivity index (χ0) is 12.2. The van der Waals surface area contributed by atoms with Gasteiger partial charge in [0, 0.05) is 24.7 Å². The molecule has 0 amide bonds. The zero-order valence-corrected chi connectivity index (χ0v) is 12.9. The van der Waals surface area contributed by atoms with Crippen molar-refractivity contribution in [3.63, 3.8) is 0 Å². The second-order valence-electron chi connectivity index (χ2n) is 4.68. The maximum atomic E-state index is 11.0. The zero-order valence-electron chi connectivity index (χ0n) is 11.1. The van der Waals surface area contributed by atoms with E-state index in [1.807, 2.05) is 6.92 Å². The molecule has 0 aliphatic heterocycles. The van der Waals surface area contributed by atoms with Crippen LogP contribution >= 0.6 is 13.5 Å². The lowest BCUT2D eigenvalue weighted by molar-refractivity contribution is 0.164. The van der Waals surface area contributed by atoms with E-state index in [0.717, 1.165) is 6.54 Å². The van der Waals surface area contributed by atoms with Crippen molar-refractivity contribution in [3.8, 4) is 0 Å². The van der Waals surface area contributed by atoms with Gasteiger partial charge in [-0.1, -0.05) is 0 Å². The Balaban J connectivity index is 0. The first-order valence-corrected chi connectivity index (χ1v) is 7.25. The first-order valence-electron chi connectivity index (χ1n) is 5.36. The lowest BCUT2D eigenvalue weighted by atomic mass is 10.2. The van der Waals surface area contributed by atoms with Crippen LogP contribution in [-0.2, 0) is 10.0 Å². The van der Waals surface area contributed by atoms with E-state index in [0.29, 0.717) is 12.1 Å². The predicted molar refractivity (Wildman–Crippen MR) is 74.8 cm³/mol. The quantitative estimate of drug-likeness (QED) is 0.788. The van der Waals surface area contributed by atoms with Crippen molar-refractivity contribution in [2.24, 2.45) is 0 Å². The van der Waals surface area contributed by atoms with Gasteiger partial charge in [0.05, 0.1) is 6.26 Å². The third-order valence-corrected chi connectivity index (χ3v) is 3.06. The van der Waals surface area contributed by atoms with Crippen molar-refractivity contribution in [3.05, 3.63) is 0 Å². The van der Waals surface area contributed by atoms with Crippen LogP contribution in [0.4, 0.5) is 0 Å². The molecule has 0 bridgehead atoms. The van der Waals surface area contributed by atoms with E-state index < -0.39 is 10.0 Å². The van der Waals surface area contributed by atoms with E-state index in [4.69, 9.17) is 0 Å². The lowest BCUT2D eigenvalue weighted by Crippen LogP contribution is -2.46. The van der Waals surface area contributed by atoms with Gasteiger partial charge < -0.3 is 0 Å². The van der Waals surface area contributed by atoms with Crippen molar-refractivity contribution in [2.75, 3.05) is 12.8 Å². The number of hydrogen-bond donors (Lipinski definition) is 1. The van der Waals surface area contributed by atoms with Gasteiger partial charge in [0.15, 0.2) is 0 Å². The largest absolute Gasteiger partial charge is 0.297 e. The molecule has 6 heteroatoms. The van der Waals surface area contributed by atoms with Crippen LogP contribution in [0, 0.1) is 0 Å². The van der Waals surface area contributed by atoms with Gasteiger partial charge in [-0.2, -0.15) is 13.5 Å². The number of rotatable bonds is 6. The molecule has 0 radical (unpaired) electrons. The monoisotopic (exact) mass is 270 g/mol. The van der Waals surface area contributed by atoms with Crippen LogP contribution in [0.3, 0.4) is 0 Å². The summed E-state index contributed by atoms with van der Waals surface area (Å²) in [7, 11) is -3.10. The van der Waals surface area contributed by atoms with Gasteiger partial charge in [-0.3, -0.25) is 4.90 Å². The minimum absolute atomic E-state index is 0. The average molecular weight is 270 g/mol. The Labute approximate surface area is 107 Å². The number of nitrogens with one attached hydrogen (secondary N) is 1. The molecular formula is C10H26N2O2S2. The Bertz CT molecular complexity index is 269. The van der Waals surface area contributed by atoms with E-state index in [9.17, 15) is 8.42 Å². The number of nitrogens with zero attached hydrogens (tertiary/aromatic N) is 1. The van der Waals surface area contributed by atoms with Crippen molar-refractivity contribution >= 4 is 23.5 Å². The van der Waals surface area contributed by atoms with Gasteiger partial charge in [-0.15, -0.1) is 0 Å². The Morgan fingerprint density at radius 2 is 1.44 bits per heavy atom. The van der Waals surface area contributed by atoms with Crippen LogP contribution < -0.4 is 4.72 Å². The van der Waals surface area contributed by atoms with Crippen molar-refractivity contribution in [1.29, 1.82) is 0 Å². The molecule has 0 aromatic carbocycles. The fourth-order valence-corrected chi connectivity index (χ4v) is 2.54. The summed E-state index contributed by atoms with van der Waals surface area (Å²) in [6, 6.07) is 0.799. The molecule has 0 unspecified atom stereocenters. The van der Waals surface area contributed by atoms with E-state index in [1.54, 1.807) is 0 Å². The summed E-state index contributed by atoms with van der Waals surface area (Å²) in [6.07, 6.45) is 1.19. The van der Waals surface area contributed by atoms with Crippen molar-refractivity contribution in [1.82, 2.24) is 9.62 Å². The van der Waals surface area contributed by atoms with E-state index >= 15 is 0 Å². The van der Waals surface area contributed by atoms with Crippen LogP contribution in [0.5, 0.6) is 0 Å².